The zero-order chi connectivity index (χ0) is 23.7. The van der Waals surface area contributed by atoms with Crippen molar-refractivity contribution in [2.24, 2.45) is 0 Å². The second kappa shape index (κ2) is 9.51. The van der Waals surface area contributed by atoms with Crippen LogP contribution in [0.4, 0.5) is 0 Å². The standard InChI is InChI=1S/C28H28O7/c29-28(19-1-7-22(8-2-19)30-13-25-16-33-25,20-3-9-23(10-4-20)31-14-26-17-34-26)21-5-11-24(12-6-21)32-15-27-18-35-27/h1-12,25-27,29H,13-18H2. The zero-order valence-corrected chi connectivity index (χ0v) is 19.3. The van der Waals surface area contributed by atoms with E-state index in [2.05, 4.69) is 0 Å². The van der Waals surface area contributed by atoms with Gasteiger partial charge in [0.2, 0.25) is 0 Å². The first-order valence-electron chi connectivity index (χ1n) is 11.9. The third-order valence-corrected chi connectivity index (χ3v) is 6.33. The Bertz CT molecular complexity index is 971. The van der Waals surface area contributed by atoms with Gasteiger partial charge >= 0.3 is 0 Å². The van der Waals surface area contributed by atoms with Crippen molar-refractivity contribution in [2.45, 2.75) is 23.9 Å². The maximum atomic E-state index is 12.2. The molecule has 0 aliphatic carbocycles. The van der Waals surface area contributed by atoms with E-state index in [4.69, 9.17) is 28.4 Å². The van der Waals surface area contributed by atoms with Crippen LogP contribution in [0.25, 0.3) is 0 Å². The van der Waals surface area contributed by atoms with Crippen molar-refractivity contribution in [3.8, 4) is 17.2 Å². The van der Waals surface area contributed by atoms with Crippen molar-refractivity contribution in [1.29, 1.82) is 0 Å². The molecule has 0 bridgehead atoms. The Morgan fingerprint density at radius 2 is 0.800 bits per heavy atom. The van der Waals surface area contributed by atoms with Crippen molar-refractivity contribution in [3.05, 3.63) is 89.5 Å². The van der Waals surface area contributed by atoms with Gasteiger partial charge in [-0.15, -0.1) is 0 Å². The molecule has 3 aromatic rings. The van der Waals surface area contributed by atoms with Crippen LogP contribution in [0.3, 0.4) is 0 Å². The molecule has 6 rings (SSSR count). The maximum absolute atomic E-state index is 12.2. The quantitative estimate of drug-likeness (QED) is 0.317. The number of epoxide rings is 3. The highest BCUT2D eigenvalue weighted by atomic mass is 16.6. The first kappa shape index (κ1) is 22.4. The summed E-state index contributed by atoms with van der Waals surface area (Å²) in [7, 11) is 0. The minimum absolute atomic E-state index is 0.186. The van der Waals surface area contributed by atoms with Gasteiger partial charge < -0.3 is 33.5 Å². The van der Waals surface area contributed by atoms with Crippen LogP contribution >= 0.6 is 0 Å². The lowest BCUT2D eigenvalue weighted by atomic mass is 9.80. The molecular weight excluding hydrogens is 448 g/mol. The zero-order valence-electron chi connectivity index (χ0n) is 19.3. The number of hydrogen-bond donors (Lipinski definition) is 1. The van der Waals surface area contributed by atoms with Gasteiger partial charge in [-0.1, -0.05) is 36.4 Å². The van der Waals surface area contributed by atoms with Crippen molar-refractivity contribution in [2.75, 3.05) is 39.6 Å². The Labute approximate surface area is 204 Å². The molecule has 0 aromatic heterocycles. The van der Waals surface area contributed by atoms with Crippen molar-refractivity contribution < 1.29 is 33.5 Å². The summed E-state index contributed by atoms with van der Waals surface area (Å²) in [5.74, 6) is 2.22. The molecule has 3 unspecified atom stereocenters. The van der Waals surface area contributed by atoms with E-state index in [1.54, 1.807) is 0 Å². The highest BCUT2D eigenvalue weighted by Crippen LogP contribution is 2.39. The molecule has 3 atom stereocenters. The van der Waals surface area contributed by atoms with Gasteiger partial charge in [-0.2, -0.15) is 0 Å². The predicted molar refractivity (Wildman–Crippen MR) is 127 cm³/mol. The Kier molecular flexibility index (Phi) is 6.08. The van der Waals surface area contributed by atoms with Crippen molar-refractivity contribution in [1.82, 2.24) is 0 Å². The lowest BCUT2D eigenvalue weighted by Crippen LogP contribution is -2.28. The first-order chi connectivity index (χ1) is 17.2. The predicted octanol–water partition coefficient (Wildman–Crippen LogP) is 3.30. The minimum atomic E-state index is -1.38. The SMILES string of the molecule is OC(c1ccc(OCC2CO2)cc1)(c1ccc(OCC2CO2)cc1)c1ccc(OCC2CO2)cc1. The normalized spacial score (nSPS) is 23.7. The molecule has 0 spiro atoms. The van der Waals surface area contributed by atoms with Gasteiger partial charge in [0.25, 0.3) is 0 Å². The maximum Gasteiger partial charge on any atom is 0.140 e. The van der Waals surface area contributed by atoms with Crippen LogP contribution in [0, 0.1) is 0 Å². The molecule has 7 nitrogen and oxygen atoms in total. The second-order valence-electron chi connectivity index (χ2n) is 9.08. The van der Waals surface area contributed by atoms with E-state index < -0.39 is 5.60 Å². The number of benzene rings is 3. The van der Waals surface area contributed by atoms with Crippen molar-refractivity contribution in [3.63, 3.8) is 0 Å². The van der Waals surface area contributed by atoms with E-state index in [1.165, 1.54) is 0 Å². The van der Waals surface area contributed by atoms with Gasteiger partial charge in [0.1, 0.15) is 61.0 Å². The Morgan fingerprint density at radius 3 is 1.03 bits per heavy atom. The molecule has 1 N–H and O–H groups in total. The third-order valence-electron chi connectivity index (χ3n) is 6.33. The average molecular weight is 477 g/mol. The topological polar surface area (TPSA) is 85.5 Å². The van der Waals surface area contributed by atoms with Crippen LogP contribution in [-0.4, -0.2) is 63.1 Å². The van der Waals surface area contributed by atoms with Crippen LogP contribution < -0.4 is 14.2 Å². The van der Waals surface area contributed by atoms with Crippen molar-refractivity contribution >= 4 is 0 Å². The molecule has 3 heterocycles. The van der Waals surface area contributed by atoms with Crippen LogP contribution in [0.2, 0.25) is 0 Å². The minimum Gasteiger partial charge on any atom is -0.491 e. The third kappa shape index (κ3) is 5.44. The van der Waals surface area contributed by atoms with E-state index in [-0.39, 0.29) is 18.3 Å². The molecule has 0 radical (unpaired) electrons. The number of rotatable bonds is 12. The van der Waals surface area contributed by atoms with Crippen LogP contribution in [0.15, 0.2) is 72.8 Å². The molecule has 3 aliphatic heterocycles. The fourth-order valence-corrected chi connectivity index (χ4v) is 3.94. The number of ether oxygens (including phenoxy) is 6. The van der Waals surface area contributed by atoms with Crippen LogP contribution in [-0.2, 0) is 19.8 Å². The first-order valence-corrected chi connectivity index (χ1v) is 11.9. The summed E-state index contributed by atoms with van der Waals surface area (Å²) in [6, 6.07) is 22.6. The second-order valence-corrected chi connectivity index (χ2v) is 9.08. The highest BCUT2D eigenvalue weighted by Gasteiger charge is 2.34. The summed E-state index contributed by atoms with van der Waals surface area (Å²) < 4.78 is 33.0. The smallest absolute Gasteiger partial charge is 0.140 e. The average Bonchev–Trinajstić information content (AvgIpc) is 3.76. The van der Waals surface area contributed by atoms with E-state index in [0.29, 0.717) is 19.8 Å². The van der Waals surface area contributed by atoms with Gasteiger partial charge in [0.05, 0.1) is 19.8 Å². The van der Waals surface area contributed by atoms with Gasteiger partial charge in [-0.3, -0.25) is 0 Å². The molecule has 7 heteroatoms. The van der Waals surface area contributed by atoms with E-state index in [9.17, 15) is 5.11 Å². The van der Waals surface area contributed by atoms with Gasteiger partial charge in [0, 0.05) is 0 Å². The molecule has 3 fully saturated rings. The Morgan fingerprint density at radius 1 is 0.543 bits per heavy atom. The number of hydrogen-bond acceptors (Lipinski definition) is 7. The Hall–Kier alpha value is -3.10. The molecule has 0 amide bonds. The highest BCUT2D eigenvalue weighted by molar-refractivity contribution is 5.50. The van der Waals surface area contributed by atoms with Gasteiger partial charge in [0.15, 0.2) is 0 Å². The summed E-state index contributed by atoms with van der Waals surface area (Å²) in [5, 5.41) is 12.2. The molecule has 3 aliphatic rings. The lowest BCUT2D eigenvalue weighted by molar-refractivity contribution is 0.125. The monoisotopic (exact) mass is 476 g/mol. The molecule has 3 aromatic carbocycles. The molecule has 3 saturated heterocycles. The summed E-state index contributed by atoms with van der Waals surface area (Å²) in [5.41, 5.74) is 0.807. The summed E-state index contributed by atoms with van der Waals surface area (Å²) in [4.78, 5) is 0. The number of aliphatic hydroxyl groups is 1. The molecule has 182 valence electrons. The molecular formula is C28H28O7. The summed E-state index contributed by atoms with van der Waals surface area (Å²) >= 11 is 0. The fraction of sp³-hybridized carbons (Fsp3) is 0.357. The largest absolute Gasteiger partial charge is 0.491 e. The van der Waals surface area contributed by atoms with E-state index >= 15 is 0 Å². The fourth-order valence-electron chi connectivity index (χ4n) is 3.94. The summed E-state index contributed by atoms with van der Waals surface area (Å²) in [6.07, 6.45) is 0.558. The Balaban J connectivity index is 1.26. The van der Waals surface area contributed by atoms with Gasteiger partial charge in [-0.25, -0.2) is 0 Å². The summed E-state index contributed by atoms with van der Waals surface area (Å²) in [6.45, 7) is 3.84. The molecule has 35 heavy (non-hydrogen) atoms. The van der Waals surface area contributed by atoms with Gasteiger partial charge in [-0.05, 0) is 53.1 Å². The lowest BCUT2D eigenvalue weighted by Gasteiger charge is -2.30. The molecule has 0 saturated carbocycles. The van der Waals surface area contributed by atoms with E-state index in [1.807, 2.05) is 72.8 Å². The van der Waals surface area contributed by atoms with Crippen LogP contribution in [0.5, 0.6) is 17.2 Å². The van der Waals surface area contributed by atoms with E-state index in [0.717, 1.165) is 53.8 Å². The van der Waals surface area contributed by atoms with Crippen LogP contribution in [0.1, 0.15) is 16.7 Å².